The van der Waals surface area contributed by atoms with Gasteiger partial charge in [-0.3, -0.25) is 0 Å². The Balaban J connectivity index is 1.30. The fourth-order valence-corrected chi connectivity index (χ4v) is 4.11. The Labute approximate surface area is 167 Å². The van der Waals surface area contributed by atoms with Crippen molar-refractivity contribution in [3.05, 3.63) is 48.5 Å². The smallest absolute Gasteiger partial charge is 0.323 e. The highest BCUT2D eigenvalue weighted by molar-refractivity contribution is 5.99. The van der Waals surface area contributed by atoms with Gasteiger partial charge < -0.3 is 20.4 Å². The van der Waals surface area contributed by atoms with Crippen molar-refractivity contribution < 1.29 is 4.79 Å². The highest BCUT2D eigenvalue weighted by atomic mass is 16.2. The van der Waals surface area contributed by atoms with Crippen LogP contribution in [-0.2, 0) is 0 Å². The zero-order valence-electron chi connectivity index (χ0n) is 16.5. The number of carbonyl (C=O) groups excluding carboxylic acids is 1. The molecule has 2 aliphatic heterocycles. The van der Waals surface area contributed by atoms with E-state index in [0.717, 1.165) is 37.6 Å². The van der Waals surface area contributed by atoms with E-state index in [1.165, 1.54) is 49.9 Å². The van der Waals surface area contributed by atoms with Crippen molar-refractivity contribution in [2.75, 3.05) is 46.6 Å². The summed E-state index contributed by atoms with van der Waals surface area (Å²) in [5, 5.41) is 5.84. The number of nitrogens with one attached hydrogen (secondary N) is 2. The number of rotatable bonds is 4. The maximum Gasteiger partial charge on any atom is 0.323 e. The number of nitrogens with zero attached hydrogens (tertiary/aromatic N) is 2. The number of urea groups is 1. The Hall–Kier alpha value is -2.69. The Morgan fingerprint density at radius 2 is 0.929 bits per heavy atom. The quantitative estimate of drug-likeness (QED) is 0.758. The Morgan fingerprint density at radius 1 is 0.571 bits per heavy atom. The summed E-state index contributed by atoms with van der Waals surface area (Å²) < 4.78 is 0. The second-order valence-electron chi connectivity index (χ2n) is 7.77. The van der Waals surface area contributed by atoms with E-state index >= 15 is 0 Å². The molecule has 2 heterocycles. The number of hydrogen-bond acceptors (Lipinski definition) is 3. The van der Waals surface area contributed by atoms with Gasteiger partial charge in [0.25, 0.3) is 0 Å². The van der Waals surface area contributed by atoms with Crippen molar-refractivity contribution in [1.82, 2.24) is 0 Å². The van der Waals surface area contributed by atoms with Crippen LogP contribution in [0.3, 0.4) is 0 Å². The highest BCUT2D eigenvalue weighted by Crippen LogP contribution is 2.23. The number of hydrogen-bond donors (Lipinski definition) is 2. The molecule has 2 fully saturated rings. The van der Waals surface area contributed by atoms with Crippen LogP contribution in [0.25, 0.3) is 0 Å². The van der Waals surface area contributed by atoms with Crippen LogP contribution in [0.4, 0.5) is 27.5 Å². The maximum absolute atomic E-state index is 12.3. The first-order valence-electron chi connectivity index (χ1n) is 10.6. The second kappa shape index (κ2) is 9.00. The van der Waals surface area contributed by atoms with Gasteiger partial charge in [-0.2, -0.15) is 0 Å². The predicted octanol–water partition coefficient (Wildman–Crippen LogP) is 5.31. The summed E-state index contributed by atoms with van der Waals surface area (Å²) in [5.74, 6) is 0. The van der Waals surface area contributed by atoms with Crippen LogP contribution in [0.1, 0.15) is 38.5 Å². The molecule has 5 nitrogen and oxygen atoms in total. The second-order valence-corrected chi connectivity index (χ2v) is 7.77. The van der Waals surface area contributed by atoms with Crippen molar-refractivity contribution in [3.63, 3.8) is 0 Å². The van der Waals surface area contributed by atoms with Gasteiger partial charge in [0.05, 0.1) is 0 Å². The predicted molar refractivity (Wildman–Crippen MR) is 118 cm³/mol. The molecule has 148 valence electrons. The van der Waals surface area contributed by atoms with Gasteiger partial charge in [-0.15, -0.1) is 0 Å². The summed E-state index contributed by atoms with van der Waals surface area (Å²) >= 11 is 0. The van der Waals surface area contributed by atoms with Crippen LogP contribution in [-0.4, -0.2) is 32.2 Å². The standard InChI is InChI=1S/C23H30N4O/c28-23(24-19-7-11-21(12-8-19)26-15-3-1-4-16-26)25-20-9-13-22(14-10-20)27-17-5-2-6-18-27/h7-14H,1-6,15-18H2,(H2,24,25,28). The summed E-state index contributed by atoms with van der Waals surface area (Å²) in [6.45, 7) is 4.50. The summed E-state index contributed by atoms with van der Waals surface area (Å²) in [4.78, 5) is 17.1. The molecule has 0 atom stereocenters. The van der Waals surface area contributed by atoms with E-state index in [0.29, 0.717) is 0 Å². The van der Waals surface area contributed by atoms with Gasteiger partial charge in [0.2, 0.25) is 0 Å². The SMILES string of the molecule is O=C(Nc1ccc(N2CCCCC2)cc1)Nc1ccc(N2CCCCC2)cc1. The number of amides is 2. The van der Waals surface area contributed by atoms with E-state index in [-0.39, 0.29) is 6.03 Å². The van der Waals surface area contributed by atoms with Gasteiger partial charge in [-0.25, -0.2) is 4.79 Å². The number of benzene rings is 2. The molecular weight excluding hydrogens is 348 g/mol. The van der Waals surface area contributed by atoms with Crippen molar-refractivity contribution in [2.45, 2.75) is 38.5 Å². The Kier molecular flexibility index (Phi) is 6.00. The molecule has 0 spiro atoms. The minimum atomic E-state index is -0.212. The molecule has 5 heteroatoms. The molecule has 0 saturated carbocycles. The van der Waals surface area contributed by atoms with Crippen LogP contribution in [0.5, 0.6) is 0 Å². The summed E-state index contributed by atoms with van der Waals surface area (Å²) in [6, 6.07) is 16.1. The zero-order chi connectivity index (χ0) is 19.2. The molecule has 2 N–H and O–H groups in total. The number of carbonyl (C=O) groups is 1. The summed E-state index contributed by atoms with van der Waals surface area (Å²) in [7, 11) is 0. The molecule has 0 bridgehead atoms. The molecule has 28 heavy (non-hydrogen) atoms. The molecule has 2 aromatic carbocycles. The van der Waals surface area contributed by atoms with Crippen LogP contribution in [0.15, 0.2) is 48.5 Å². The molecule has 0 unspecified atom stereocenters. The lowest BCUT2D eigenvalue weighted by molar-refractivity contribution is 0.262. The van der Waals surface area contributed by atoms with Crippen LogP contribution in [0, 0.1) is 0 Å². The average molecular weight is 379 g/mol. The lowest BCUT2D eigenvalue weighted by atomic mass is 10.1. The molecular formula is C23H30N4O. The molecule has 0 aliphatic carbocycles. The lowest BCUT2D eigenvalue weighted by Crippen LogP contribution is -2.29. The zero-order valence-corrected chi connectivity index (χ0v) is 16.5. The molecule has 4 rings (SSSR count). The lowest BCUT2D eigenvalue weighted by Gasteiger charge is -2.29. The molecule has 2 aliphatic rings. The van der Waals surface area contributed by atoms with Crippen molar-refractivity contribution in [2.24, 2.45) is 0 Å². The third kappa shape index (κ3) is 4.77. The molecule has 2 aromatic rings. The summed E-state index contributed by atoms with van der Waals surface area (Å²) in [5.41, 5.74) is 4.09. The number of anilines is 4. The van der Waals surface area contributed by atoms with E-state index in [4.69, 9.17) is 0 Å². The van der Waals surface area contributed by atoms with E-state index in [2.05, 4.69) is 44.7 Å². The van der Waals surface area contributed by atoms with Gasteiger partial charge >= 0.3 is 6.03 Å². The molecule has 0 aromatic heterocycles. The van der Waals surface area contributed by atoms with E-state index < -0.39 is 0 Å². The van der Waals surface area contributed by atoms with Crippen molar-refractivity contribution >= 4 is 28.8 Å². The minimum absolute atomic E-state index is 0.212. The Morgan fingerprint density at radius 3 is 1.29 bits per heavy atom. The first-order chi connectivity index (χ1) is 13.8. The normalized spacial score (nSPS) is 17.3. The van der Waals surface area contributed by atoms with Crippen LogP contribution in [0.2, 0.25) is 0 Å². The first kappa shape index (κ1) is 18.7. The van der Waals surface area contributed by atoms with Gasteiger partial charge in [0.15, 0.2) is 0 Å². The summed E-state index contributed by atoms with van der Waals surface area (Å²) in [6.07, 6.45) is 7.71. The first-order valence-corrected chi connectivity index (χ1v) is 10.6. The molecule has 2 amide bonds. The van der Waals surface area contributed by atoms with Crippen LogP contribution < -0.4 is 20.4 Å². The van der Waals surface area contributed by atoms with Crippen molar-refractivity contribution in [1.29, 1.82) is 0 Å². The largest absolute Gasteiger partial charge is 0.372 e. The molecule has 2 saturated heterocycles. The maximum atomic E-state index is 12.3. The monoisotopic (exact) mass is 378 g/mol. The number of piperidine rings is 2. The van der Waals surface area contributed by atoms with Gasteiger partial charge in [-0.1, -0.05) is 0 Å². The Bertz CT molecular complexity index is 695. The highest BCUT2D eigenvalue weighted by Gasteiger charge is 2.12. The van der Waals surface area contributed by atoms with Gasteiger partial charge in [0, 0.05) is 48.9 Å². The van der Waals surface area contributed by atoms with Crippen molar-refractivity contribution in [3.8, 4) is 0 Å². The molecule has 0 radical (unpaired) electrons. The third-order valence-electron chi connectivity index (χ3n) is 5.69. The minimum Gasteiger partial charge on any atom is -0.372 e. The van der Waals surface area contributed by atoms with Gasteiger partial charge in [0.1, 0.15) is 0 Å². The average Bonchev–Trinajstić information content (AvgIpc) is 2.76. The van der Waals surface area contributed by atoms with Gasteiger partial charge in [-0.05, 0) is 87.1 Å². The third-order valence-corrected chi connectivity index (χ3v) is 5.69. The van der Waals surface area contributed by atoms with E-state index in [1.807, 2.05) is 24.3 Å². The fourth-order valence-electron chi connectivity index (χ4n) is 4.11. The topological polar surface area (TPSA) is 47.6 Å². The van der Waals surface area contributed by atoms with Crippen LogP contribution >= 0.6 is 0 Å². The fraction of sp³-hybridized carbons (Fsp3) is 0.435. The van der Waals surface area contributed by atoms with E-state index in [1.54, 1.807) is 0 Å². The van der Waals surface area contributed by atoms with E-state index in [9.17, 15) is 4.79 Å².